The lowest BCUT2D eigenvalue weighted by atomic mass is 9.86. The Morgan fingerprint density at radius 3 is 2.83 bits per heavy atom. The molecule has 0 aliphatic heterocycles. The molecule has 0 aromatic carbocycles. The van der Waals surface area contributed by atoms with Crippen LogP contribution in [0.5, 0.6) is 5.88 Å². The summed E-state index contributed by atoms with van der Waals surface area (Å²) in [7, 11) is 0. The molecule has 2 atom stereocenters. The molecular weight excluding hydrogens is 234 g/mol. The first-order valence-electron chi connectivity index (χ1n) is 6.19. The molecule has 1 aromatic heterocycles. The molecule has 1 saturated carbocycles. The highest BCUT2D eigenvalue weighted by atomic mass is 16.6. The van der Waals surface area contributed by atoms with Crippen LogP contribution in [0.3, 0.4) is 0 Å². The van der Waals surface area contributed by atoms with Gasteiger partial charge in [0, 0.05) is 18.2 Å². The van der Waals surface area contributed by atoms with Crippen molar-refractivity contribution in [1.29, 1.82) is 0 Å². The molecule has 0 saturated heterocycles. The predicted molar refractivity (Wildman–Crippen MR) is 67.6 cm³/mol. The van der Waals surface area contributed by atoms with Crippen LogP contribution in [0.4, 0.5) is 11.5 Å². The van der Waals surface area contributed by atoms with Gasteiger partial charge in [-0.25, -0.2) is 0 Å². The van der Waals surface area contributed by atoms with Crippen LogP contribution >= 0.6 is 0 Å². The third kappa shape index (κ3) is 2.69. The number of aromatic hydroxyl groups is 1. The predicted octanol–water partition coefficient (Wildman–Crippen LogP) is 2.69. The smallest absolute Gasteiger partial charge is 0.311 e. The van der Waals surface area contributed by atoms with Crippen LogP contribution in [0.25, 0.3) is 0 Å². The first-order valence-corrected chi connectivity index (χ1v) is 6.19. The molecule has 6 heteroatoms. The lowest BCUT2D eigenvalue weighted by molar-refractivity contribution is -0.384. The van der Waals surface area contributed by atoms with Gasteiger partial charge in [-0.15, -0.1) is 0 Å². The number of hydrogen-bond donors (Lipinski definition) is 2. The molecular formula is C12H17N3O3. The maximum absolute atomic E-state index is 10.9. The van der Waals surface area contributed by atoms with Crippen LogP contribution in [0, 0.1) is 16.0 Å². The van der Waals surface area contributed by atoms with E-state index in [1.807, 2.05) is 0 Å². The fourth-order valence-corrected chi connectivity index (χ4v) is 2.40. The largest absolute Gasteiger partial charge is 0.493 e. The lowest BCUT2D eigenvalue weighted by Crippen LogP contribution is -2.30. The van der Waals surface area contributed by atoms with Gasteiger partial charge < -0.3 is 10.4 Å². The number of aromatic nitrogens is 1. The van der Waals surface area contributed by atoms with E-state index in [0.717, 1.165) is 19.3 Å². The summed E-state index contributed by atoms with van der Waals surface area (Å²) < 4.78 is 0. The Bertz CT molecular complexity index is 450. The van der Waals surface area contributed by atoms with Crippen molar-refractivity contribution in [1.82, 2.24) is 4.98 Å². The Labute approximate surface area is 105 Å². The maximum Gasteiger partial charge on any atom is 0.311 e. The second-order valence-electron chi connectivity index (χ2n) is 4.81. The van der Waals surface area contributed by atoms with Crippen molar-refractivity contribution < 1.29 is 10.0 Å². The van der Waals surface area contributed by atoms with Crippen LogP contribution in [0.15, 0.2) is 12.1 Å². The Hall–Kier alpha value is -1.85. The molecule has 1 aliphatic rings. The molecule has 0 amide bonds. The van der Waals surface area contributed by atoms with Gasteiger partial charge >= 0.3 is 5.69 Å². The molecule has 98 valence electrons. The molecule has 1 aliphatic carbocycles. The van der Waals surface area contributed by atoms with Crippen LogP contribution in [-0.4, -0.2) is 21.1 Å². The standard InChI is InChI=1S/C12H17N3O3/c1-8-4-2-3-5-9(8)13-12-10(15(17)18)6-7-11(16)14-12/h6-9H,2-5H2,1H3,(H2,13,14,16). The molecule has 1 fully saturated rings. The molecule has 2 unspecified atom stereocenters. The van der Waals surface area contributed by atoms with Gasteiger partial charge in [-0.1, -0.05) is 19.8 Å². The van der Waals surface area contributed by atoms with Gasteiger partial charge in [-0.3, -0.25) is 10.1 Å². The zero-order chi connectivity index (χ0) is 13.1. The summed E-state index contributed by atoms with van der Waals surface area (Å²) in [4.78, 5) is 14.2. The molecule has 2 rings (SSSR count). The van der Waals surface area contributed by atoms with E-state index in [1.54, 1.807) is 0 Å². The van der Waals surface area contributed by atoms with E-state index < -0.39 is 4.92 Å². The van der Waals surface area contributed by atoms with Crippen molar-refractivity contribution in [2.24, 2.45) is 5.92 Å². The van der Waals surface area contributed by atoms with E-state index in [1.165, 1.54) is 18.6 Å². The molecule has 2 N–H and O–H groups in total. The first kappa shape index (κ1) is 12.6. The zero-order valence-electron chi connectivity index (χ0n) is 10.3. The Morgan fingerprint density at radius 1 is 1.44 bits per heavy atom. The minimum atomic E-state index is -0.484. The van der Waals surface area contributed by atoms with Gasteiger partial charge in [-0.2, -0.15) is 4.98 Å². The number of nitrogens with zero attached hydrogens (tertiary/aromatic N) is 2. The van der Waals surface area contributed by atoms with Crippen LogP contribution in [0.2, 0.25) is 0 Å². The number of anilines is 1. The number of nitro groups is 1. The van der Waals surface area contributed by atoms with Crippen molar-refractivity contribution in [3.8, 4) is 5.88 Å². The molecule has 0 radical (unpaired) electrons. The first-order chi connectivity index (χ1) is 8.58. The van der Waals surface area contributed by atoms with Gasteiger partial charge in [0.15, 0.2) is 0 Å². The van der Waals surface area contributed by atoms with Crippen LogP contribution in [-0.2, 0) is 0 Å². The zero-order valence-corrected chi connectivity index (χ0v) is 10.3. The Balaban J connectivity index is 2.21. The van der Waals surface area contributed by atoms with E-state index in [4.69, 9.17) is 0 Å². The van der Waals surface area contributed by atoms with E-state index >= 15 is 0 Å². The molecule has 1 aromatic rings. The van der Waals surface area contributed by atoms with Gasteiger partial charge in [0.25, 0.3) is 0 Å². The van der Waals surface area contributed by atoms with Crippen molar-refractivity contribution >= 4 is 11.5 Å². The highest BCUT2D eigenvalue weighted by molar-refractivity contribution is 5.57. The average Bonchev–Trinajstić information content (AvgIpc) is 2.32. The van der Waals surface area contributed by atoms with Crippen LogP contribution in [0.1, 0.15) is 32.6 Å². The van der Waals surface area contributed by atoms with Crippen LogP contribution < -0.4 is 5.32 Å². The summed E-state index contributed by atoms with van der Waals surface area (Å²) in [5.41, 5.74) is -0.0921. The highest BCUT2D eigenvalue weighted by Crippen LogP contribution is 2.30. The highest BCUT2D eigenvalue weighted by Gasteiger charge is 2.25. The summed E-state index contributed by atoms with van der Waals surface area (Å²) in [6.07, 6.45) is 4.42. The van der Waals surface area contributed by atoms with E-state index in [2.05, 4.69) is 17.2 Å². The van der Waals surface area contributed by atoms with Gasteiger partial charge in [-0.05, 0) is 18.8 Å². The molecule has 6 nitrogen and oxygen atoms in total. The van der Waals surface area contributed by atoms with Crippen molar-refractivity contribution in [3.05, 3.63) is 22.2 Å². The average molecular weight is 251 g/mol. The number of pyridine rings is 1. The monoisotopic (exact) mass is 251 g/mol. The Kier molecular flexibility index (Phi) is 3.64. The number of nitrogens with one attached hydrogen (secondary N) is 1. The van der Waals surface area contributed by atoms with Gasteiger partial charge in [0.2, 0.25) is 11.7 Å². The van der Waals surface area contributed by atoms with Gasteiger partial charge in [0.1, 0.15) is 0 Å². The van der Waals surface area contributed by atoms with E-state index in [0.29, 0.717) is 5.92 Å². The summed E-state index contributed by atoms with van der Waals surface area (Å²) in [6, 6.07) is 2.69. The van der Waals surface area contributed by atoms with Crippen molar-refractivity contribution in [2.45, 2.75) is 38.6 Å². The molecule has 1 heterocycles. The maximum atomic E-state index is 10.9. The summed E-state index contributed by atoms with van der Waals surface area (Å²) in [6.45, 7) is 2.13. The molecule has 18 heavy (non-hydrogen) atoms. The fourth-order valence-electron chi connectivity index (χ4n) is 2.40. The third-order valence-corrected chi connectivity index (χ3v) is 3.49. The molecule has 0 spiro atoms. The number of hydrogen-bond acceptors (Lipinski definition) is 5. The minimum absolute atomic E-state index is 0.0921. The number of rotatable bonds is 3. The topological polar surface area (TPSA) is 88.3 Å². The minimum Gasteiger partial charge on any atom is -0.493 e. The summed E-state index contributed by atoms with van der Waals surface area (Å²) >= 11 is 0. The second-order valence-corrected chi connectivity index (χ2v) is 4.81. The van der Waals surface area contributed by atoms with Gasteiger partial charge in [0.05, 0.1) is 4.92 Å². The lowest BCUT2D eigenvalue weighted by Gasteiger charge is -2.29. The van der Waals surface area contributed by atoms with Crippen molar-refractivity contribution in [3.63, 3.8) is 0 Å². The second kappa shape index (κ2) is 5.20. The summed E-state index contributed by atoms with van der Waals surface area (Å²) in [5, 5.41) is 23.3. The molecule has 0 bridgehead atoms. The van der Waals surface area contributed by atoms with E-state index in [9.17, 15) is 15.2 Å². The third-order valence-electron chi connectivity index (χ3n) is 3.49. The Morgan fingerprint density at radius 2 is 2.17 bits per heavy atom. The fraction of sp³-hybridized carbons (Fsp3) is 0.583. The van der Waals surface area contributed by atoms with Crippen molar-refractivity contribution in [2.75, 3.05) is 5.32 Å². The quantitative estimate of drug-likeness (QED) is 0.637. The normalized spacial score (nSPS) is 23.6. The SMILES string of the molecule is CC1CCCCC1Nc1nc(O)ccc1[N+](=O)[O-]. The van der Waals surface area contributed by atoms with E-state index in [-0.39, 0.29) is 23.4 Å². The summed E-state index contributed by atoms with van der Waals surface area (Å²) in [5.74, 6) is 0.424.